The number of sulfonamides is 1. The average molecular weight is 502 g/mol. The fourth-order valence-electron chi connectivity index (χ4n) is 2.77. The van der Waals surface area contributed by atoms with Gasteiger partial charge in [-0.05, 0) is 55.5 Å². The Morgan fingerprint density at radius 1 is 1.09 bits per heavy atom. The zero-order valence-corrected chi connectivity index (χ0v) is 19.6. The smallest absolute Gasteiger partial charge is 0.277 e. The molecule has 0 saturated heterocycles. The number of aryl methyl sites for hydroxylation is 1. The summed E-state index contributed by atoms with van der Waals surface area (Å²) in [5, 5.41) is 14.4. The second-order valence-corrected chi connectivity index (χ2v) is 9.50. The summed E-state index contributed by atoms with van der Waals surface area (Å²) in [6, 6.07) is 14.1. The van der Waals surface area contributed by atoms with E-state index in [1.54, 1.807) is 49.4 Å². The zero-order valence-electron chi connectivity index (χ0n) is 18.0. The third-order valence-corrected chi connectivity index (χ3v) is 6.60. The minimum absolute atomic E-state index is 0.0413. The lowest BCUT2D eigenvalue weighted by Crippen LogP contribution is -2.14. The van der Waals surface area contributed by atoms with Gasteiger partial charge >= 0.3 is 0 Å². The van der Waals surface area contributed by atoms with E-state index in [1.165, 1.54) is 19.2 Å². The van der Waals surface area contributed by atoms with E-state index in [2.05, 4.69) is 25.4 Å². The van der Waals surface area contributed by atoms with Crippen LogP contribution in [-0.2, 0) is 14.8 Å². The normalized spacial score (nSPS) is 11.2. The summed E-state index contributed by atoms with van der Waals surface area (Å²) in [5.74, 6) is 1.46. The van der Waals surface area contributed by atoms with Crippen molar-refractivity contribution in [1.29, 1.82) is 0 Å². The Balaban J connectivity index is 1.35. The summed E-state index contributed by atoms with van der Waals surface area (Å²) < 4.78 is 43.2. The largest absolute Gasteiger partial charge is 0.497 e. The molecule has 4 rings (SSSR count). The Kier molecular flexibility index (Phi) is 6.84. The van der Waals surface area contributed by atoms with Crippen LogP contribution in [0.2, 0.25) is 0 Å². The van der Waals surface area contributed by atoms with Gasteiger partial charge in [0.25, 0.3) is 15.2 Å². The van der Waals surface area contributed by atoms with E-state index in [9.17, 15) is 13.2 Å². The van der Waals surface area contributed by atoms with Crippen LogP contribution < -0.4 is 14.8 Å². The van der Waals surface area contributed by atoms with E-state index in [1.807, 2.05) is 0 Å². The molecule has 0 spiro atoms. The third-order valence-electron chi connectivity index (χ3n) is 4.38. The van der Waals surface area contributed by atoms with Gasteiger partial charge in [-0.15, -0.1) is 10.2 Å². The Labute approximate surface area is 198 Å². The van der Waals surface area contributed by atoms with Gasteiger partial charge < -0.3 is 19.0 Å². The Morgan fingerprint density at radius 2 is 1.82 bits per heavy atom. The van der Waals surface area contributed by atoms with Crippen LogP contribution in [0.15, 0.2) is 73.7 Å². The van der Waals surface area contributed by atoms with Crippen molar-refractivity contribution < 1.29 is 26.9 Å². The summed E-state index contributed by atoms with van der Waals surface area (Å²) >= 11 is 1.07. The third kappa shape index (κ3) is 5.74. The highest BCUT2D eigenvalue weighted by molar-refractivity contribution is 7.99. The lowest BCUT2D eigenvalue weighted by molar-refractivity contribution is -0.113. The second kappa shape index (κ2) is 9.97. The first-order chi connectivity index (χ1) is 16.3. The van der Waals surface area contributed by atoms with Gasteiger partial charge in [0, 0.05) is 17.3 Å². The van der Waals surface area contributed by atoms with Gasteiger partial charge in [0.2, 0.25) is 11.8 Å². The minimum Gasteiger partial charge on any atom is -0.497 e. The topological polar surface area (TPSA) is 149 Å². The number of carbonyl (C=O) groups is 1. The first-order valence-electron chi connectivity index (χ1n) is 9.79. The molecule has 34 heavy (non-hydrogen) atoms. The molecule has 176 valence electrons. The summed E-state index contributed by atoms with van der Waals surface area (Å²) in [6.45, 7) is 1.72. The summed E-state index contributed by atoms with van der Waals surface area (Å²) in [6.07, 6.45) is 0. The number of benzene rings is 2. The molecule has 1 amide bonds. The summed E-state index contributed by atoms with van der Waals surface area (Å²) in [4.78, 5) is 12.1. The number of hydrogen-bond acceptors (Lipinski definition) is 10. The highest BCUT2D eigenvalue weighted by Crippen LogP contribution is 2.26. The summed E-state index contributed by atoms with van der Waals surface area (Å²) in [5.41, 5.74) is 0.961. The van der Waals surface area contributed by atoms with E-state index in [0.717, 1.165) is 11.8 Å². The van der Waals surface area contributed by atoms with Crippen LogP contribution in [0.3, 0.4) is 0 Å². The van der Waals surface area contributed by atoms with Crippen molar-refractivity contribution in [3.05, 3.63) is 60.4 Å². The van der Waals surface area contributed by atoms with E-state index in [-0.39, 0.29) is 27.7 Å². The molecule has 4 aromatic rings. The molecule has 13 heteroatoms. The van der Waals surface area contributed by atoms with Crippen molar-refractivity contribution in [3.63, 3.8) is 0 Å². The van der Waals surface area contributed by atoms with Crippen molar-refractivity contribution in [1.82, 2.24) is 15.4 Å². The minimum atomic E-state index is -3.76. The first kappa shape index (κ1) is 23.3. The average Bonchev–Trinajstić information content (AvgIpc) is 3.47. The molecule has 0 aliphatic heterocycles. The Bertz CT molecular complexity index is 1380. The van der Waals surface area contributed by atoms with Gasteiger partial charge in [-0.2, -0.15) is 0 Å². The lowest BCUT2D eigenvalue weighted by atomic mass is 10.2. The maximum atomic E-state index is 12.6. The predicted octanol–water partition coefficient (Wildman–Crippen LogP) is 3.57. The molecule has 0 bridgehead atoms. The number of carbonyl (C=O) groups excluding carboxylic acids is 1. The van der Waals surface area contributed by atoms with Gasteiger partial charge in [0.05, 0.1) is 17.8 Å². The Hall–Kier alpha value is -3.84. The first-order valence-corrected chi connectivity index (χ1v) is 12.3. The fourth-order valence-corrected chi connectivity index (χ4v) is 4.39. The van der Waals surface area contributed by atoms with E-state index in [0.29, 0.717) is 28.6 Å². The molecule has 0 fully saturated rings. The van der Waals surface area contributed by atoms with Crippen LogP contribution in [0.1, 0.15) is 5.76 Å². The van der Waals surface area contributed by atoms with Crippen LogP contribution in [0, 0.1) is 6.92 Å². The molecule has 2 heterocycles. The molecule has 11 nitrogen and oxygen atoms in total. The number of anilines is 2. The van der Waals surface area contributed by atoms with Crippen molar-refractivity contribution in [2.45, 2.75) is 17.0 Å². The standard InChI is InChI=1S/C21H19N5O6S2/c1-13-11-18(25-32-13)22-19(27)12-33-21-24-23-20(31-21)14-3-5-15(6-4-14)26-34(28,29)17-9-7-16(30-2)8-10-17/h3-11,26H,12H2,1-2H3,(H,22,25,27). The van der Waals surface area contributed by atoms with Crippen molar-refractivity contribution in [2.75, 3.05) is 22.9 Å². The van der Waals surface area contributed by atoms with Gasteiger partial charge in [0.15, 0.2) is 5.82 Å². The van der Waals surface area contributed by atoms with Crippen molar-refractivity contribution in [3.8, 4) is 17.2 Å². The van der Waals surface area contributed by atoms with Crippen LogP contribution in [0.25, 0.3) is 11.5 Å². The molecule has 0 atom stereocenters. The molecule has 0 aliphatic rings. The van der Waals surface area contributed by atoms with Crippen LogP contribution in [0.5, 0.6) is 5.75 Å². The van der Waals surface area contributed by atoms with Gasteiger partial charge in [0.1, 0.15) is 11.5 Å². The molecule has 2 aromatic heterocycles. The monoisotopic (exact) mass is 501 g/mol. The molecule has 0 aliphatic carbocycles. The van der Waals surface area contributed by atoms with Crippen molar-refractivity contribution >= 4 is 39.2 Å². The molecule has 0 unspecified atom stereocenters. The van der Waals surface area contributed by atoms with E-state index >= 15 is 0 Å². The maximum Gasteiger partial charge on any atom is 0.277 e. The molecule has 0 radical (unpaired) electrons. The molecule has 2 aromatic carbocycles. The number of amides is 1. The van der Waals surface area contributed by atoms with Crippen LogP contribution in [-0.4, -0.2) is 42.5 Å². The number of hydrogen-bond donors (Lipinski definition) is 2. The number of nitrogens with zero attached hydrogens (tertiary/aromatic N) is 3. The molecule has 2 N–H and O–H groups in total. The number of rotatable bonds is 9. The molecular weight excluding hydrogens is 482 g/mol. The second-order valence-electron chi connectivity index (χ2n) is 6.89. The predicted molar refractivity (Wildman–Crippen MR) is 124 cm³/mol. The number of nitrogens with one attached hydrogen (secondary N) is 2. The van der Waals surface area contributed by atoms with Crippen LogP contribution >= 0.6 is 11.8 Å². The van der Waals surface area contributed by atoms with Crippen LogP contribution in [0.4, 0.5) is 11.5 Å². The van der Waals surface area contributed by atoms with Crippen molar-refractivity contribution in [2.24, 2.45) is 0 Å². The van der Waals surface area contributed by atoms with Gasteiger partial charge in [-0.3, -0.25) is 9.52 Å². The number of ether oxygens (including phenoxy) is 1. The highest BCUT2D eigenvalue weighted by Gasteiger charge is 2.16. The number of thioether (sulfide) groups is 1. The van der Waals surface area contributed by atoms with E-state index in [4.69, 9.17) is 13.7 Å². The lowest BCUT2D eigenvalue weighted by Gasteiger charge is -2.09. The molecular formula is C21H19N5O6S2. The summed E-state index contributed by atoms with van der Waals surface area (Å²) in [7, 11) is -2.25. The zero-order chi connectivity index (χ0) is 24.1. The van der Waals surface area contributed by atoms with E-state index < -0.39 is 10.0 Å². The number of aromatic nitrogens is 3. The SMILES string of the molecule is COc1ccc(S(=O)(=O)Nc2ccc(-c3nnc(SCC(=O)Nc4cc(C)on4)o3)cc2)cc1. The maximum absolute atomic E-state index is 12.6. The van der Waals surface area contributed by atoms with Gasteiger partial charge in [-0.25, -0.2) is 8.42 Å². The molecule has 0 saturated carbocycles. The fraction of sp³-hybridized carbons (Fsp3) is 0.143. The Morgan fingerprint density at radius 3 is 2.47 bits per heavy atom. The number of methoxy groups -OCH3 is 1. The van der Waals surface area contributed by atoms with Gasteiger partial charge in [-0.1, -0.05) is 16.9 Å². The highest BCUT2D eigenvalue weighted by atomic mass is 32.2. The quantitative estimate of drug-likeness (QED) is 0.326.